The maximum atomic E-state index is 12.9. The molecule has 7 nitrogen and oxygen atoms in total. The molecule has 1 aliphatic rings. The number of benzene rings is 1. The van der Waals surface area contributed by atoms with Gasteiger partial charge in [-0.05, 0) is 44.7 Å². The van der Waals surface area contributed by atoms with E-state index in [9.17, 15) is 8.42 Å². The van der Waals surface area contributed by atoms with E-state index in [0.717, 1.165) is 32.3 Å². The van der Waals surface area contributed by atoms with E-state index in [1.54, 1.807) is 36.0 Å². The quantitative estimate of drug-likeness (QED) is 0.744. The summed E-state index contributed by atoms with van der Waals surface area (Å²) >= 11 is 0. The topological polar surface area (TPSA) is 82.5 Å². The van der Waals surface area contributed by atoms with Gasteiger partial charge in [0.05, 0.1) is 17.5 Å². The first-order valence-corrected chi connectivity index (χ1v) is 10.9. The number of nitrogens with one attached hydrogen (secondary N) is 1. The van der Waals surface area contributed by atoms with E-state index in [1.165, 1.54) is 0 Å². The number of aryl methyl sites for hydroxylation is 2. The largest absolute Gasteiger partial charge is 0.489 e. The fourth-order valence-electron chi connectivity index (χ4n) is 3.11. The summed E-state index contributed by atoms with van der Waals surface area (Å²) < 4.78 is 41.5. The molecule has 1 atom stereocenters. The summed E-state index contributed by atoms with van der Waals surface area (Å²) in [6.45, 7) is 5.56. The van der Waals surface area contributed by atoms with Gasteiger partial charge in [0.2, 0.25) is 0 Å². The molecule has 8 heteroatoms. The van der Waals surface area contributed by atoms with Crippen molar-refractivity contribution in [2.75, 3.05) is 17.9 Å². The first-order valence-electron chi connectivity index (χ1n) is 9.40. The predicted molar refractivity (Wildman–Crippen MR) is 104 cm³/mol. The Bertz CT molecular complexity index is 858. The number of ether oxygens (including phenoxy) is 2. The van der Waals surface area contributed by atoms with Crippen molar-refractivity contribution in [3.63, 3.8) is 0 Å². The van der Waals surface area contributed by atoms with Crippen LogP contribution in [0.4, 0.5) is 5.69 Å². The Kier molecular flexibility index (Phi) is 6.38. The van der Waals surface area contributed by atoms with Gasteiger partial charge in [-0.1, -0.05) is 19.1 Å². The average Bonchev–Trinajstić information content (AvgIpc) is 3.03. The van der Waals surface area contributed by atoms with Gasteiger partial charge >= 0.3 is 0 Å². The van der Waals surface area contributed by atoms with Crippen LogP contribution in [0.5, 0.6) is 5.75 Å². The second kappa shape index (κ2) is 8.75. The molecule has 1 saturated heterocycles. The standard InChI is InChI=1S/C19H27N3O4S/c1-3-11-22-13-19(15(2)20-22)27(23,24)21-17-9-4-5-10-18(17)26-14-16-8-6-7-12-25-16/h4-5,9-10,13,16,21H,3,6-8,11-12,14H2,1-2H3/t16-/m1/s1. The molecule has 148 valence electrons. The molecular formula is C19H27N3O4S. The zero-order valence-corrected chi connectivity index (χ0v) is 16.7. The molecule has 0 radical (unpaired) electrons. The van der Waals surface area contributed by atoms with Crippen molar-refractivity contribution >= 4 is 15.7 Å². The lowest BCUT2D eigenvalue weighted by molar-refractivity contribution is -0.0109. The molecule has 0 saturated carbocycles. The first-order chi connectivity index (χ1) is 13.0. The average molecular weight is 394 g/mol. The third-order valence-electron chi connectivity index (χ3n) is 4.47. The maximum absolute atomic E-state index is 12.9. The van der Waals surface area contributed by atoms with Crippen molar-refractivity contribution < 1.29 is 17.9 Å². The van der Waals surface area contributed by atoms with E-state index in [1.807, 2.05) is 13.0 Å². The molecule has 0 unspecified atom stereocenters. The fraction of sp³-hybridized carbons (Fsp3) is 0.526. The highest BCUT2D eigenvalue weighted by molar-refractivity contribution is 7.92. The highest BCUT2D eigenvalue weighted by Gasteiger charge is 2.22. The highest BCUT2D eigenvalue weighted by atomic mass is 32.2. The van der Waals surface area contributed by atoms with Crippen LogP contribution in [0.1, 0.15) is 38.3 Å². The van der Waals surface area contributed by atoms with Crippen molar-refractivity contribution in [2.24, 2.45) is 0 Å². The Morgan fingerprint density at radius 2 is 2.15 bits per heavy atom. The lowest BCUT2D eigenvalue weighted by Gasteiger charge is -2.23. The van der Waals surface area contributed by atoms with Crippen LogP contribution in [-0.4, -0.2) is 37.5 Å². The molecule has 1 fully saturated rings. The van der Waals surface area contributed by atoms with Crippen molar-refractivity contribution in [2.45, 2.75) is 57.1 Å². The molecule has 2 aromatic rings. The summed E-state index contributed by atoms with van der Waals surface area (Å²) in [5.41, 5.74) is 0.890. The minimum absolute atomic E-state index is 0.0536. The summed E-state index contributed by atoms with van der Waals surface area (Å²) in [6.07, 6.45) is 5.68. The van der Waals surface area contributed by atoms with Gasteiger partial charge in [0, 0.05) is 19.3 Å². The zero-order valence-electron chi connectivity index (χ0n) is 15.8. The van der Waals surface area contributed by atoms with E-state index in [4.69, 9.17) is 9.47 Å². The van der Waals surface area contributed by atoms with Gasteiger partial charge in [0.25, 0.3) is 10.0 Å². The zero-order chi connectivity index (χ0) is 19.3. The van der Waals surface area contributed by atoms with Gasteiger partial charge in [-0.3, -0.25) is 9.40 Å². The Morgan fingerprint density at radius 1 is 1.33 bits per heavy atom. The Labute approximate surface area is 160 Å². The molecule has 1 N–H and O–H groups in total. The Hall–Kier alpha value is -2.06. The number of hydrogen-bond donors (Lipinski definition) is 1. The first kappa shape index (κ1) is 19.7. The molecule has 2 heterocycles. The van der Waals surface area contributed by atoms with E-state index in [-0.39, 0.29) is 11.0 Å². The fourth-order valence-corrected chi connectivity index (χ4v) is 4.36. The molecule has 0 aliphatic carbocycles. The monoisotopic (exact) mass is 393 g/mol. The lowest BCUT2D eigenvalue weighted by Crippen LogP contribution is -2.26. The number of para-hydroxylation sites is 2. The predicted octanol–water partition coefficient (Wildman–Crippen LogP) is 3.35. The molecule has 1 aromatic heterocycles. The van der Waals surface area contributed by atoms with Gasteiger partial charge in [-0.25, -0.2) is 8.42 Å². The van der Waals surface area contributed by atoms with Crippen LogP contribution < -0.4 is 9.46 Å². The highest BCUT2D eigenvalue weighted by Crippen LogP contribution is 2.28. The summed E-state index contributed by atoms with van der Waals surface area (Å²) in [6, 6.07) is 7.04. The number of nitrogens with zero attached hydrogens (tertiary/aromatic N) is 2. The molecule has 27 heavy (non-hydrogen) atoms. The Morgan fingerprint density at radius 3 is 2.89 bits per heavy atom. The molecule has 0 amide bonds. The normalized spacial score (nSPS) is 17.6. The van der Waals surface area contributed by atoms with E-state index >= 15 is 0 Å². The van der Waals surface area contributed by atoms with E-state index in [2.05, 4.69) is 9.82 Å². The minimum Gasteiger partial charge on any atom is -0.489 e. The lowest BCUT2D eigenvalue weighted by atomic mass is 10.1. The molecule has 1 aliphatic heterocycles. The van der Waals surface area contributed by atoms with Crippen LogP contribution in [0, 0.1) is 6.92 Å². The third kappa shape index (κ3) is 5.01. The maximum Gasteiger partial charge on any atom is 0.265 e. The molecule has 0 spiro atoms. The SMILES string of the molecule is CCCn1cc(S(=O)(=O)Nc2ccccc2OC[C@H]2CCCCO2)c(C)n1. The second-order valence-corrected chi connectivity index (χ2v) is 8.39. The molecule has 0 bridgehead atoms. The van der Waals surface area contributed by atoms with Crippen molar-refractivity contribution in [1.82, 2.24) is 9.78 Å². The number of aromatic nitrogens is 2. The van der Waals surface area contributed by atoms with Crippen LogP contribution >= 0.6 is 0 Å². The number of rotatable bonds is 8. The summed E-state index contributed by atoms with van der Waals surface area (Å²) in [7, 11) is -3.75. The van der Waals surface area contributed by atoms with Crippen LogP contribution in [0.25, 0.3) is 0 Å². The summed E-state index contributed by atoms with van der Waals surface area (Å²) in [5.74, 6) is 0.494. The summed E-state index contributed by atoms with van der Waals surface area (Å²) in [4.78, 5) is 0.182. The second-order valence-electron chi connectivity index (χ2n) is 6.74. The smallest absolute Gasteiger partial charge is 0.265 e. The van der Waals surface area contributed by atoms with Crippen LogP contribution in [-0.2, 0) is 21.3 Å². The van der Waals surface area contributed by atoms with Gasteiger partial charge < -0.3 is 9.47 Å². The van der Waals surface area contributed by atoms with Crippen molar-refractivity contribution in [1.29, 1.82) is 0 Å². The van der Waals surface area contributed by atoms with Gasteiger partial charge in [-0.2, -0.15) is 5.10 Å². The Balaban J connectivity index is 1.74. The van der Waals surface area contributed by atoms with Gasteiger partial charge in [0.1, 0.15) is 17.3 Å². The van der Waals surface area contributed by atoms with Crippen LogP contribution in [0.15, 0.2) is 35.4 Å². The van der Waals surface area contributed by atoms with Crippen molar-refractivity contribution in [3.05, 3.63) is 36.2 Å². The molecular weight excluding hydrogens is 366 g/mol. The molecule has 1 aromatic carbocycles. The minimum atomic E-state index is -3.75. The van der Waals surface area contributed by atoms with Crippen LogP contribution in [0.2, 0.25) is 0 Å². The number of anilines is 1. The number of hydrogen-bond acceptors (Lipinski definition) is 5. The van der Waals surface area contributed by atoms with E-state index in [0.29, 0.717) is 30.3 Å². The third-order valence-corrected chi connectivity index (χ3v) is 5.94. The van der Waals surface area contributed by atoms with E-state index < -0.39 is 10.0 Å². The van der Waals surface area contributed by atoms with Crippen molar-refractivity contribution in [3.8, 4) is 5.75 Å². The summed E-state index contributed by atoms with van der Waals surface area (Å²) in [5, 5.41) is 4.28. The number of sulfonamides is 1. The van der Waals surface area contributed by atoms with Crippen LogP contribution in [0.3, 0.4) is 0 Å². The van der Waals surface area contributed by atoms with Gasteiger partial charge in [-0.15, -0.1) is 0 Å². The molecule has 3 rings (SSSR count). The van der Waals surface area contributed by atoms with Gasteiger partial charge in [0.15, 0.2) is 0 Å².